The molecule has 1 aromatic carbocycles. The number of nitrogen functional groups attached to an aromatic ring is 1. The fourth-order valence-electron chi connectivity index (χ4n) is 1.71. The third-order valence-corrected chi connectivity index (χ3v) is 2.95. The number of anilines is 2. The predicted octanol–water partition coefficient (Wildman–Crippen LogP) is 1.28. The maximum atomic E-state index is 13.3. The van der Waals surface area contributed by atoms with Crippen molar-refractivity contribution in [2.75, 3.05) is 11.1 Å². The van der Waals surface area contributed by atoms with Gasteiger partial charge in [-0.2, -0.15) is 0 Å². The van der Waals surface area contributed by atoms with Crippen molar-refractivity contribution < 1.29 is 14.0 Å². The molecule has 5 nitrogen and oxygen atoms in total. The molecule has 0 aliphatic carbocycles. The molecule has 0 radical (unpaired) electrons. The first-order chi connectivity index (χ1) is 8.47. The van der Waals surface area contributed by atoms with E-state index in [4.69, 9.17) is 17.3 Å². The zero-order valence-electron chi connectivity index (χ0n) is 9.30. The first kappa shape index (κ1) is 12.6. The number of piperidine rings is 1. The van der Waals surface area contributed by atoms with Crippen LogP contribution in [0.5, 0.6) is 0 Å². The molecule has 18 heavy (non-hydrogen) atoms. The maximum Gasteiger partial charge on any atom is 0.249 e. The number of amides is 2. The van der Waals surface area contributed by atoms with Gasteiger partial charge in [0, 0.05) is 12.5 Å². The summed E-state index contributed by atoms with van der Waals surface area (Å²) in [6.07, 6.45) is 0.577. The highest BCUT2D eigenvalue weighted by molar-refractivity contribution is 6.31. The van der Waals surface area contributed by atoms with Crippen molar-refractivity contribution in [3.8, 4) is 0 Å². The summed E-state index contributed by atoms with van der Waals surface area (Å²) in [5.41, 5.74) is 6.19. The molecule has 7 heteroatoms. The van der Waals surface area contributed by atoms with Crippen molar-refractivity contribution in [3.63, 3.8) is 0 Å². The second-order valence-corrected chi connectivity index (χ2v) is 4.41. The number of imide groups is 1. The summed E-state index contributed by atoms with van der Waals surface area (Å²) in [6, 6.07) is 1.79. The molecule has 2 rings (SSSR count). The van der Waals surface area contributed by atoms with Gasteiger partial charge in [0.1, 0.15) is 11.9 Å². The number of rotatable bonds is 2. The molecule has 4 N–H and O–H groups in total. The lowest BCUT2D eigenvalue weighted by molar-refractivity contribution is -0.133. The van der Waals surface area contributed by atoms with Crippen LogP contribution in [0.4, 0.5) is 15.8 Å². The Bertz CT molecular complexity index is 521. The largest absolute Gasteiger partial charge is 0.397 e. The topological polar surface area (TPSA) is 84.2 Å². The number of nitrogens with one attached hydrogen (secondary N) is 2. The SMILES string of the molecule is Nc1cc(Cl)c(F)cc1NC1CCC(=O)NC1=O. The quantitative estimate of drug-likeness (QED) is 0.559. The highest BCUT2D eigenvalue weighted by Crippen LogP contribution is 2.27. The first-order valence-corrected chi connectivity index (χ1v) is 5.70. The van der Waals surface area contributed by atoms with Gasteiger partial charge in [0.25, 0.3) is 0 Å². The molecule has 0 aromatic heterocycles. The van der Waals surface area contributed by atoms with E-state index in [1.165, 1.54) is 6.07 Å². The van der Waals surface area contributed by atoms with Crippen molar-refractivity contribution in [2.24, 2.45) is 0 Å². The van der Waals surface area contributed by atoms with Gasteiger partial charge in [-0.05, 0) is 12.5 Å². The number of nitrogens with two attached hydrogens (primary N) is 1. The normalized spacial score (nSPS) is 19.6. The van der Waals surface area contributed by atoms with Crippen LogP contribution in [0, 0.1) is 5.82 Å². The molecule has 0 spiro atoms. The Labute approximate surface area is 107 Å². The molecule has 96 valence electrons. The van der Waals surface area contributed by atoms with E-state index in [0.717, 1.165) is 6.07 Å². The Morgan fingerprint density at radius 3 is 2.83 bits per heavy atom. The van der Waals surface area contributed by atoms with E-state index in [0.29, 0.717) is 6.42 Å². The van der Waals surface area contributed by atoms with Gasteiger partial charge in [0.15, 0.2) is 0 Å². The van der Waals surface area contributed by atoms with Crippen LogP contribution < -0.4 is 16.4 Å². The fraction of sp³-hybridized carbons (Fsp3) is 0.273. The third kappa shape index (κ3) is 2.53. The van der Waals surface area contributed by atoms with Gasteiger partial charge in [-0.15, -0.1) is 0 Å². The Kier molecular flexibility index (Phi) is 3.38. The van der Waals surface area contributed by atoms with Crippen LogP contribution in [0.1, 0.15) is 12.8 Å². The van der Waals surface area contributed by atoms with Crippen molar-refractivity contribution in [2.45, 2.75) is 18.9 Å². The fourth-order valence-corrected chi connectivity index (χ4v) is 1.88. The molecule has 1 saturated heterocycles. The highest BCUT2D eigenvalue weighted by Gasteiger charge is 2.26. The van der Waals surface area contributed by atoms with Gasteiger partial charge >= 0.3 is 0 Å². The van der Waals surface area contributed by atoms with Crippen LogP contribution >= 0.6 is 11.6 Å². The molecule has 0 saturated carbocycles. The molecular formula is C11H11ClFN3O2. The molecule has 1 fully saturated rings. The molecular weight excluding hydrogens is 261 g/mol. The molecule has 1 aliphatic heterocycles. The van der Waals surface area contributed by atoms with E-state index in [9.17, 15) is 14.0 Å². The van der Waals surface area contributed by atoms with Crippen molar-refractivity contribution >= 4 is 34.8 Å². The number of carbonyl (C=O) groups is 2. The second-order valence-electron chi connectivity index (χ2n) is 4.00. The second kappa shape index (κ2) is 4.81. The van der Waals surface area contributed by atoms with Gasteiger partial charge in [0.2, 0.25) is 11.8 Å². The zero-order valence-corrected chi connectivity index (χ0v) is 10.1. The van der Waals surface area contributed by atoms with Gasteiger partial charge in [-0.25, -0.2) is 4.39 Å². The van der Waals surface area contributed by atoms with Crippen LogP contribution in [0.3, 0.4) is 0 Å². The van der Waals surface area contributed by atoms with Crippen LogP contribution in [0.25, 0.3) is 0 Å². The number of hydrogen-bond acceptors (Lipinski definition) is 4. The summed E-state index contributed by atoms with van der Waals surface area (Å²) in [5, 5.41) is 4.91. The number of carbonyl (C=O) groups excluding carboxylic acids is 2. The summed E-state index contributed by atoms with van der Waals surface area (Å²) < 4.78 is 13.3. The number of benzene rings is 1. The summed E-state index contributed by atoms with van der Waals surface area (Å²) in [7, 11) is 0. The Morgan fingerprint density at radius 1 is 1.44 bits per heavy atom. The van der Waals surface area contributed by atoms with E-state index >= 15 is 0 Å². The van der Waals surface area contributed by atoms with Crippen LogP contribution in [-0.4, -0.2) is 17.9 Å². The van der Waals surface area contributed by atoms with E-state index < -0.39 is 17.8 Å². The van der Waals surface area contributed by atoms with E-state index in [1.807, 2.05) is 0 Å². The van der Waals surface area contributed by atoms with Gasteiger partial charge < -0.3 is 11.1 Å². The Hall–Kier alpha value is -1.82. The molecule has 1 aliphatic rings. The summed E-state index contributed by atoms with van der Waals surface area (Å²) in [6.45, 7) is 0. The number of hydrogen-bond donors (Lipinski definition) is 3. The standard InChI is InChI=1S/C11H11ClFN3O2/c12-5-3-7(14)9(4-6(5)13)15-8-1-2-10(17)16-11(8)18/h3-4,8,15H,1-2,14H2,(H,16,17,18). The van der Waals surface area contributed by atoms with E-state index in [1.54, 1.807) is 0 Å². The zero-order chi connectivity index (χ0) is 13.3. The van der Waals surface area contributed by atoms with Gasteiger partial charge in [0.05, 0.1) is 16.4 Å². The van der Waals surface area contributed by atoms with E-state index in [2.05, 4.69) is 10.6 Å². The lowest BCUT2D eigenvalue weighted by Gasteiger charge is -2.23. The van der Waals surface area contributed by atoms with Crippen molar-refractivity contribution in [3.05, 3.63) is 23.0 Å². The monoisotopic (exact) mass is 271 g/mol. The minimum Gasteiger partial charge on any atom is -0.397 e. The Morgan fingerprint density at radius 2 is 2.17 bits per heavy atom. The summed E-state index contributed by atoms with van der Waals surface area (Å²) in [4.78, 5) is 22.5. The molecule has 2 amide bonds. The van der Waals surface area contributed by atoms with E-state index in [-0.39, 0.29) is 28.7 Å². The summed E-state index contributed by atoms with van der Waals surface area (Å²) in [5.74, 6) is -1.38. The molecule has 1 unspecified atom stereocenters. The highest BCUT2D eigenvalue weighted by atomic mass is 35.5. The minimum atomic E-state index is -0.624. The smallest absolute Gasteiger partial charge is 0.249 e. The first-order valence-electron chi connectivity index (χ1n) is 5.32. The lowest BCUT2D eigenvalue weighted by Crippen LogP contribution is -2.47. The minimum absolute atomic E-state index is 0.0821. The molecule has 0 bridgehead atoms. The summed E-state index contributed by atoms with van der Waals surface area (Å²) >= 11 is 5.57. The van der Waals surface area contributed by atoms with Crippen LogP contribution in [0.2, 0.25) is 5.02 Å². The molecule has 1 atom stereocenters. The Balaban J connectivity index is 2.17. The van der Waals surface area contributed by atoms with Crippen molar-refractivity contribution in [1.29, 1.82) is 0 Å². The average Bonchev–Trinajstić information content (AvgIpc) is 2.29. The maximum absolute atomic E-state index is 13.3. The molecule has 1 heterocycles. The third-order valence-electron chi connectivity index (χ3n) is 2.66. The predicted molar refractivity (Wildman–Crippen MR) is 65.6 cm³/mol. The lowest BCUT2D eigenvalue weighted by atomic mass is 10.1. The average molecular weight is 272 g/mol. The van der Waals surface area contributed by atoms with Gasteiger partial charge in [-0.1, -0.05) is 11.6 Å². The van der Waals surface area contributed by atoms with Crippen LogP contribution in [0.15, 0.2) is 12.1 Å². The molecule has 1 aromatic rings. The number of halogens is 2. The van der Waals surface area contributed by atoms with Crippen LogP contribution in [-0.2, 0) is 9.59 Å². The van der Waals surface area contributed by atoms with Gasteiger partial charge in [-0.3, -0.25) is 14.9 Å². The van der Waals surface area contributed by atoms with Crippen molar-refractivity contribution in [1.82, 2.24) is 5.32 Å².